The van der Waals surface area contributed by atoms with E-state index in [0.717, 1.165) is 42.8 Å². The average molecular weight is 329 g/mol. The number of carbonyl (C=O) groups excluding carboxylic acids is 1. The van der Waals surface area contributed by atoms with E-state index in [1.165, 1.54) is 5.69 Å². The predicted octanol–water partition coefficient (Wildman–Crippen LogP) is 1.67. The van der Waals surface area contributed by atoms with E-state index < -0.39 is 5.41 Å². The number of likely N-dealkylation sites (tertiary alicyclic amines) is 1. The van der Waals surface area contributed by atoms with E-state index in [0.29, 0.717) is 0 Å². The van der Waals surface area contributed by atoms with Crippen molar-refractivity contribution in [1.29, 1.82) is 0 Å². The van der Waals surface area contributed by atoms with Crippen LogP contribution < -0.4 is 5.73 Å². The smallest absolute Gasteiger partial charge is 0.224 e. The van der Waals surface area contributed by atoms with Crippen LogP contribution in [0.3, 0.4) is 0 Å². The van der Waals surface area contributed by atoms with Crippen LogP contribution in [0.25, 0.3) is 0 Å². The predicted molar refractivity (Wildman–Crippen MR) is 77.5 cm³/mol. The van der Waals surface area contributed by atoms with Gasteiger partial charge in [0.25, 0.3) is 0 Å². The monoisotopic (exact) mass is 328 g/mol. The lowest BCUT2D eigenvalue weighted by Crippen LogP contribution is -2.37. The first-order valence-corrected chi connectivity index (χ1v) is 7.40. The maximum absolute atomic E-state index is 11.5. The molecule has 1 aromatic heterocycles. The van der Waals surface area contributed by atoms with E-state index in [-0.39, 0.29) is 5.91 Å². The Balaban J connectivity index is 2.13. The van der Waals surface area contributed by atoms with Crippen molar-refractivity contribution in [3.05, 3.63) is 15.9 Å². The number of hydrogen-bond donors (Lipinski definition) is 1. The summed E-state index contributed by atoms with van der Waals surface area (Å²) in [7, 11) is 0. The Labute approximate surface area is 122 Å². The van der Waals surface area contributed by atoms with Crippen molar-refractivity contribution in [2.24, 2.45) is 11.1 Å². The van der Waals surface area contributed by atoms with E-state index >= 15 is 0 Å². The molecule has 5 nitrogen and oxygen atoms in total. The van der Waals surface area contributed by atoms with Gasteiger partial charge in [0.1, 0.15) is 0 Å². The molecule has 0 saturated carbocycles. The molecule has 0 spiro atoms. The molecule has 2 rings (SSSR count). The lowest BCUT2D eigenvalue weighted by molar-refractivity contribution is -0.126. The van der Waals surface area contributed by atoms with Gasteiger partial charge in [-0.25, -0.2) is 0 Å². The summed E-state index contributed by atoms with van der Waals surface area (Å²) in [5.41, 5.74) is 7.28. The summed E-state index contributed by atoms with van der Waals surface area (Å²) in [6, 6.07) is 0. The van der Waals surface area contributed by atoms with Gasteiger partial charge in [0.05, 0.1) is 21.3 Å². The fraction of sp³-hybridized carbons (Fsp3) is 0.692. The van der Waals surface area contributed by atoms with Crippen molar-refractivity contribution in [2.45, 2.75) is 40.3 Å². The van der Waals surface area contributed by atoms with Crippen LogP contribution in [0.15, 0.2) is 4.47 Å². The molecule has 6 heteroatoms. The van der Waals surface area contributed by atoms with Gasteiger partial charge in [-0.15, -0.1) is 0 Å². The van der Waals surface area contributed by atoms with Crippen LogP contribution >= 0.6 is 15.9 Å². The summed E-state index contributed by atoms with van der Waals surface area (Å²) in [5, 5.41) is 4.49. The number of aromatic nitrogens is 2. The zero-order valence-electron chi connectivity index (χ0n) is 11.7. The summed E-state index contributed by atoms with van der Waals surface area (Å²) >= 11 is 3.60. The zero-order valence-corrected chi connectivity index (χ0v) is 13.3. The highest BCUT2D eigenvalue weighted by Crippen LogP contribution is 2.32. The lowest BCUT2D eigenvalue weighted by atomic mass is 9.89. The van der Waals surface area contributed by atoms with Crippen LogP contribution in [-0.2, 0) is 17.9 Å². The minimum Gasteiger partial charge on any atom is -0.369 e. The van der Waals surface area contributed by atoms with Crippen molar-refractivity contribution >= 4 is 21.8 Å². The third kappa shape index (κ3) is 2.69. The molecular weight excluding hydrogens is 308 g/mol. The number of halogens is 1. The number of aryl methyl sites for hydroxylation is 2. The quantitative estimate of drug-likeness (QED) is 0.914. The molecule has 1 aliphatic heterocycles. The number of nitrogens with zero attached hydrogens (tertiary/aromatic N) is 3. The summed E-state index contributed by atoms with van der Waals surface area (Å²) < 4.78 is 3.08. The molecule has 106 valence electrons. The van der Waals surface area contributed by atoms with E-state index in [9.17, 15) is 4.79 Å². The molecular formula is C13H21BrN4O. The molecule has 2 N–H and O–H groups in total. The van der Waals surface area contributed by atoms with Gasteiger partial charge in [0, 0.05) is 19.6 Å². The summed E-state index contributed by atoms with van der Waals surface area (Å²) in [6.07, 6.45) is 0.833. The highest BCUT2D eigenvalue weighted by Gasteiger charge is 2.39. The van der Waals surface area contributed by atoms with Crippen LogP contribution in [0.4, 0.5) is 0 Å². The molecule has 1 unspecified atom stereocenters. The van der Waals surface area contributed by atoms with Gasteiger partial charge in [-0.2, -0.15) is 5.10 Å². The molecule has 2 heterocycles. The molecule has 1 saturated heterocycles. The third-order valence-corrected chi connectivity index (χ3v) is 5.00. The first kappa shape index (κ1) is 14.5. The largest absolute Gasteiger partial charge is 0.369 e. The van der Waals surface area contributed by atoms with Gasteiger partial charge < -0.3 is 5.73 Å². The van der Waals surface area contributed by atoms with Crippen molar-refractivity contribution in [2.75, 3.05) is 13.1 Å². The molecule has 1 aliphatic rings. The second-order valence-electron chi connectivity index (χ2n) is 5.55. The SMILES string of the molecule is CCn1nc(C)c(Br)c1CN1CCC(C)(C(N)=O)C1. The molecule has 1 amide bonds. The first-order valence-electron chi connectivity index (χ1n) is 6.61. The molecule has 0 bridgehead atoms. The van der Waals surface area contributed by atoms with Crippen LogP contribution in [0.5, 0.6) is 0 Å². The minimum atomic E-state index is -0.390. The molecule has 1 atom stereocenters. The van der Waals surface area contributed by atoms with Crippen molar-refractivity contribution < 1.29 is 4.79 Å². The van der Waals surface area contributed by atoms with E-state index in [1.54, 1.807) is 0 Å². The third-order valence-electron chi connectivity index (χ3n) is 3.97. The zero-order chi connectivity index (χ0) is 14.2. The van der Waals surface area contributed by atoms with Crippen molar-refractivity contribution in [1.82, 2.24) is 14.7 Å². The van der Waals surface area contributed by atoms with Gasteiger partial charge in [-0.3, -0.25) is 14.4 Å². The average Bonchev–Trinajstić information content (AvgIpc) is 2.86. The van der Waals surface area contributed by atoms with Gasteiger partial charge in [0.2, 0.25) is 5.91 Å². The number of hydrogen-bond acceptors (Lipinski definition) is 3. The lowest BCUT2D eigenvalue weighted by Gasteiger charge is -2.21. The van der Waals surface area contributed by atoms with Crippen molar-refractivity contribution in [3.63, 3.8) is 0 Å². The van der Waals surface area contributed by atoms with E-state index in [4.69, 9.17) is 5.73 Å². The molecule has 19 heavy (non-hydrogen) atoms. The fourth-order valence-corrected chi connectivity index (χ4v) is 3.03. The number of primary amides is 1. The topological polar surface area (TPSA) is 64.2 Å². The highest BCUT2D eigenvalue weighted by molar-refractivity contribution is 9.10. The Morgan fingerprint density at radius 1 is 1.58 bits per heavy atom. The summed E-state index contributed by atoms with van der Waals surface area (Å²) in [5.74, 6) is -0.200. The van der Waals surface area contributed by atoms with Crippen LogP contribution in [0.2, 0.25) is 0 Å². The standard InChI is InChI=1S/C13H21BrN4O/c1-4-18-10(11(14)9(2)16-18)7-17-6-5-13(3,8-17)12(15)19/h4-8H2,1-3H3,(H2,15,19). The highest BCUT2D eigenvalue weighted by atomic mass is 79.9. The molecule has 0 aromatic carbocycles. The van der Waals surface area contributed by atoms with E-state index in [1.807, 2.05) is 18.5 Å². The fourth-order valence-electron chi connectivity index (χ4n) is 2.62. The number of nitrogens with two attached hydrogens (primary N) is 1. The summed E-state index contributed by atoms with van der Waals surface area (Å²) in [6.45, 7) is 9.31. The van der Waals surface area contributed by atoms with Crippen molar-refractivity contribution in [3.8, 4) is 0 Å². The van der Waals surface area contributed by atoms with Crippen LogP contribution in [0, 0.1) is 12.3 Å². The van der Waals surface area contributed by atoms with Crippen LogP contribution in [-0.4, -0.2) is 33.7 Å². The first-order chi connectivity index (χ1) is 8.87. The van der Waals surface area contributed by atoms with Gasteiger partial charge in [0.15, 0.2) is 0 Å². The molecule has 0 aliphatic carbocycles. The van der Waals surface area contributed by atoms with E-state index in [2.05, 4.69) is 32.9 Å². The Morgan fingerprint density at radius 3 is 2.79 bits per heavy atom. The maximum Gasteiger partial charge on any atom is 0.224 e. The molecule has 1 aromatic rings. The second-order valence-corrected chi connectivity index (χ2v) is 6.34. The number of amides is 1. The number of rotatable bonds is 4. The Bertz CT molecular complexity index is 499. The van der Waals surface area contributed by atoms with Gasteiger partial charge in [-0.1, -0.05) is 0 Å². The second kappa shape index (κ2) is 5.25. The normalized spacial score (nSPS) is 24.0. The molecule has 1 fully saturated rings. The Morgan fingerprint density at radius 2 is 2.26 bits per heavy atom. The summed E-state index contributed by atoms with van der Waals surface area (Å²) in [4.78, 5) is 13.8. The number of carbonyl (C=O) groups is 1. The Hall–Kier alpha value is -0.880. The molecule has 0 radical (unpaired) electrons. The van der Waals surface area contributed by atoms with Crippen LogP contribution in [0.1, 0.15) is 31.7 Å². The Kier molecular flexibility index (Phi) is 4.01. The van der Waals surface area contributed by atoms with Gasteiger partial charge >= 0.3 is 0 Å². The van der Waals surface area contributed by atoms with Gasteiger partial charge in [-0.05, 0) is 49.7 Å². The minimum absolute atomic E-state index is 0.200. The maximum atomic E-state index is 11.5.